The number of rotatable bonds is 31. The van der Waals surface area contributed by atoms with Crippen molar-refractivity contribution in [3.05, 3.63) is 0 Å². The van der Waals surface area contributed by atoms with Crippen molar-refractivity contribution in [3.63, 3.8) is 0 Å². The number of hydrogen-bond acceptors (Lipinski definition) is 17. The van der Waals surface area contributed by atoms with Crippen LogP contribution < -0.4 is 59.3 Å². The van der Waals surface area contributed by atoms with E-state index in [1.54, 1.807) is 27.7 Å². The van der Waals surface area contributed by atoms with Gasteiger partial charge in [-0.15, -0.1) is 0 Å². The third-order valence-electron chi connectivity index (χ3n) is 10.2. The highest BCUT2D eigenvalue weighted by Crippen LogP contribution is 2.19. The van der Waals surface area contributed by atoms with Crippen molar-refractivity contribution in [2.24, 2.45) is 23.3 Å². The van der Waals surface area contributed by atoms with Gasteiger partial charge < -0.3 is 79.5 Å². The Morgan fingerprint density at radius 2 is 1.21 bits per heavy atom. The van der Waals surface area contributed by atoms with E-state index >= 15 is 0 Å². The second kappa shape index (κ2) is 31.1. The minimum absolute atomic E-state index is 0.0922. The lowest BCUT2D eigenvalue weighted by atomic mass is 9.99. The zero-order valence-corrected chi connectivity index (χ0v) is 40.9. The van der Waals surface area contributed by atoms with Gasteiger partial charge in [0, 0.05) is 24.5 Å². The van der Waals surface area contributed by atoms with Gasteiger partial charge in [0.1, 0.15) is 42.3 Å². The van der Waals surface area contributed by atoms with Gasteiger partial charge in [-0.1, -0.05) is 27.7 Å². The monoisotopic (exact) mass is 1030 g/mol. The molecule has 30 heteroatoms. The predicted molar refractivity (Wildman–Crippen MR) is 251 cm³/mol. The quantitative estimate of drug-likeness (QED) is 0.0287. The number of primary amides is 1. The molecule has 1 rings (SSSR count). The maximum absolute atomic E-state index is 13.6. The van der Waals surface area contributed by atoms with E-state index in [9.17, 15) is 77.6 Å². The Morgan fingerprint density at radius 3 is 1.74 bits per heavy atom. The number of aliphatic hydroxyl groups excluding tert-OH is 1. The number of nitrogens with zero attached hydrogens (tertiary/aromatic N) is 1. The molecule has 28 nitrogen and oxygen atoms in total. The van der Waals surface area contributed by atoms with Crippen molar-refractivity contribution in [2.75, 3.05) is 44.3 Å². The Balaban J connectivity index is 2.87. The molecule has 16 N–H and O–H groups in total. The summed E-state index contributed by atoms with van der Waals surface area (Å²) >= 11 is 7.83. The summed E-state index contributed by atoms with van der Waals surface area (Å²) in [6.45, 7) is 3.56. The molecule has 0 aromatic carbocycles. The summed E-state index contributed by atoms with van der Waals surface area (Å²) in [5.74, 6) is -13.8. The van der Waals surface area contributed by atoms with Crippen LogP contribution in [-0.4, -0.2) is 190 Å². The van der Waals surface area contributed by atoms with E-state index < -0.39 is 164 Å². The first-order chi connectivity index (χ1) is 32.8. The van der Waals surface area contributed by atoms with Crippen molar-refractivity contribution in [2.45, 2.75) is 115 Å². The number of carboxylic acids is 2. The normalized spacial score (nSPS) is 16.1. The van der Waals surface area contributed by atoms with Gasteiger partial charge in [0.05, 0.1) is 38.7 Å². The summed E-state index contributed by atoms with van der Waals surface area (Å²) < 4.78 is 0. The largest absolute Gasteiger partial charge is 0.481 e. The van der Waals surface area contributed by atoms with Crippen LogP contribution in [0, 0.1) is 11.8 Å². The third-order valence-corrected chi connectivity index (χ3v) is 11.0. The lowest BCUT2D eigenvalue weighted by Crippen LogP contribution is -2.59. The molecule has 11 amide bonds. The Morgan fingerprint density at radius 1 is 0.643 bits per heavy atom. The molecule has 1 saturated heterocycles. The molecule has 0 radical (unpaired) electrons. The maximum Gasteiger partial charge on any atom is 0.327 e. The van der Waals surface area contributed by atoms with Gasteiger partial charge in [-0.05, 0) is 37.5 Å². The van der Waals surface area contributed by atoms with Gasteiger partial charge in [0.25, 0.3) is 0 Å². The topological polar surface area (TPSA) is 446 Å². The molecule has 1 fully saturated rings. The first-order valence-electron chi connectivity index (χ1n) is 22.0. The highest BCUT2D eigenvalue weighted by Gasteiger charge is 2.38. The van der Waals surface area contributed by atoms with Crippen LogP contribution in [0.1, 0.15) is 66.2 Å². The predicted octanol–water partition coefficient (Wildman–Crippen LogP) is -7.06. The Bertz CT molecular complexity index is 1930. The molecular formula is C40H66N12O16S2. The number of thiol groups is 2. The van der Waals surface area contributed by atoms with E-state index in [1.165, 1.54) is 4.90 Å². The summed E-state index contributed by atoms with van der Waals surface area (Å²) in [5, 5.41) is 49.0. The maximum atomic E-state index is 13.6. The van der Waals surface area contributed by atoms with E-state index in [4.69, 9.17) is 11.5 Å². The van der Waals surface area contributed by atoms with Crippen LogP contribution in [0.25, 0.3) is 0 Å². The van der Waals surface area contributed by atoms with Crippen LogP contribution in [0.3, 0.4) is 0 Å². The number of aliphatic carboxylic acids is 2. The summed E-state index contributed by atoms with van der Waals surface area (Å²) in [5.41, 5.74) is 10.7. The number of nitrogens with one attached hydrogen (secondary N) is 9. The number of amides is 11. The Kier molecular flexibility index (Phi) is 27.4. The lowest BCUT2D eigenvalue weighted by Gasteiger charge is -2.29. The fourth-order valence-corrected chi connectivity index (χ4v) is 6.89. The van der Waals surface area contributed by atoms with E-state index in [1.807, 2.05) is 5.32 Å². The average Bonchev–Trinajstić information content (AvgIpc) is 3.79. The fourth-order valence-electron chi connectivity index (χ4n) is 6.48. The minimum Gasteiger partial charge on any atom is -0.481 e. The molecule has 1 aliphatic heterocycles. The highest BCUT2D eigenvalue weighted by atomic mass is 32.1. The molecule has 70 heavy (non-hydrogen) atoms. The van der Waals surface area contributed by atoms with Crippen LogP contribution in [-0.2, 0) is 62.3 Å². The number of aliphatic hydroxyl groups is 1. The zero-order valence-electron chi connectivity index (χ0n) is 39.1. The second-order valence-electron chi connectivity index (χ2n) is 16.8. The molecule has 0 aromatic heterocycles. The zero-order chi connectivity index (χ0) is 53.4. The minimum atomic E-state index is -1.87. The second-order valence-corrected chi connectivity index (χ2v) is 17.5. The van der Waals surface area contributed by atoms with Crippen LogP contribution in [0.4, 0.5) is 0 Å². The smallest absolute Gasteiger partial charge is 0.327 e. The van der Waals surface area contributed by atoms with Gasteiger partial charge in [-0.25, -0.2) is 4.79 Å². The number of carbonyl (C=O) groups is 13. The summed E-state index contributed by atoms with van der Waals surface area (Å²) in [6, 6.07) is -10.9. The Labute approximate surface area is 413 Å². The van der Waals surface area contributed by atoms with Crippen LogP contribution in [0.5, 0.6) is 0 Å². The van der Waals surface area contributed by atoms with Crippen LogP contribution >= 0.6 is 25.3 Å². The SMILES string of the molecule is CC(C)C[C@H](NC(=O)[C@@H]1CCCN1C(=O)CNC(=O)CNC(=O)[C@H](CO)NC(=O)[C@H](CC(=O)O)NC(=O)CNC(=O)[C@H](CCC(N)=O)NC(=O)[C@@H](N)CS)C(=O)N[C@H](C(=O)N[C@@H](CS)C(=O)O)C(C)C. The van der Waals surface area contributed by atoms with Crippen molar-refractivity contribution < 1.29 is 77.6 Å². The standard InChI is InChI=1S/C40H66N12O16S2/c1-18(2)10-22(37(64)51-32(19(3)4)39(66)50-25(17-70)40(67)68)48-38(65)26-6-5-9-52(26)30(57)14-43-28(55)12-44-35(62)24(15-53)49-36(63)23(11-31(58)59)46-29(56)13-45-34(61)21(7-8-27(42)54)47-33(60)20(41)16-69/h18-26,32,53,69-70H,5-17,41H2,1-4H3,(H2,42,54)(H,43,55)(H,44,62)(H,45,61)(H,46,56)(H,47,60)(H,48,65)(H,49,63)(H,50,66)(H,51,64)(H,58,59)(H,67,68)/t20-,21-,22-,23-,24-,25-,26-,32-/m0/s1. The molecule has 1 heterocycles. The Hall–Kier alpha value is -6.27. The molecule has 0 aliphatic carbocycles. The first-order valence-corrected chi connectivity index (χ1v) is 23.3. The van der Waals surface area contributed by atoms with Gasteiger partial charge >= 0.3 is 11.9 Å². The van der Waals surface area contributed by atoms with Crippen molar-refractivity contribution in [1.29, 1.82) is 0 Å². The highest BCUT2D eigenvalue weighted by molar-refractivity contribution is 7.80. The van der Waals surface area contributed by atoms with E-state index in [2.05, 4.69) is 67.8 Å². The van der Waals surface area contributed by atoms with Gasteiger partial charge in [-0.3, -0.25) is 57.5 Å². The van der Waals surface area contributed by atoms with E-state index in [-0.39, 0.29) is 49.7 Å². The number of hydrogen-bond donors (Lipinski definition) is 16. The third kappa shape index (κ3) is 22.0. The lowest BCUT2D eigenvalue weighted by molar-refractivity contribution is -0.142. The molecule has 394 valence electrons. The van der Waals surface area contributed by atoms with E-state index in [0.717, 1.165) is 0 Å². The van der Waals surface area contributed by atoms with Crippen LogP contribution in [0.15, 0.2) is 0 Å². The summed E-state index contributed by atoms with van der Waals surface area (Å²) in [6.07, 6.45) is -0.953. The number of carbonyl (C=O) groups excluding carboxylic acids is 11. The van der Waals surface area contributed by atoms with Crippen molar-refractivity contribution in [3.8, 4) is 0 Å². The molecular weight excluding hydrogens is 969 g/mol. The number of likely N-dealkylation sites (tertiary alicyclic amines) is 1. The van der Waals surface area contributed by atoms with Crippen molar-refractivity contribution in [1.82, 2.24) is 52.8 Å². The first kappa shape index (κ1) is 61.7. The summed E-state index contributed by atoms with van der Waals surface area (Å²) in [4.78, 5) is 165. The van der Waals surface area contributed by atoms with Gasteiger partial charge in [0.2, 0.25) is 65.0 Å². The molecule has 0 aromatic rings. The molecule has 0 saturated carbocycles. The molecule has 8 atom stereocenters. The van der Waals surface area contributed by atoms with Gasteiger partial charge in [-0.2, -0.15) is 25.3 Å². The number of carboxylic acid groups (broad SMARTS) is 2. The van der Waals surface area contributed by atoms with Gasteiger partial charge in [0.15, 0.2) is 0 Å². The van der Waals surface area contributed by atoms with Crippen molar-refractivity contribution >= 4 is 102 Å². The van der Waals surface area contributed by atoms with E-state index in [0.29, 0.717) is 6.42 Å². The average molecular weight is 1040 g/mol. The summed E-state index contributed by atoms with van der Waals surface area (Å²) in [7, 11) is 0. The molecule has 0 spiro atoms. The molecule has 0 unspecified atom stereocenters. The number of nitrogens with two attached hydrogens (primary N) is 2. The molecule has 0 bridgehead atoms. The molecule has 1 aliphatic rings. The fraction of sp³-hybridized carbons (Fsp3) is 0.675. The van der Waals surface area contributed by atoms with Crippen LogP contribution in [0.2, 0.25) is 0 Å².